The standard InChI is InChI=1S/C20H26ClNO2/c1-24-18-12-16-8-9-17(13-18)22(16)19(23)20(10-2-3-11-20)14-4-6-15(21)7-5-14/h4-7,16-18H,2-3,8-13H2,1H3. The van der Waals surface area contributed by atoms with Gasteiger partial charge in [-0.3, -0.25) is 4.79 Å². The van der Waals surface area contributed by atoms with Crippen molar-refractivity contribution in [2.45, 2.75) is 75.0 Å². The number of amides is 1. The minimum Gasteiger partial charge on any atom is -0.381 e. The first-order valence-corrected chi connectivity index (χ1v) is 9.63. The minimum absolute atomic E-state index is 0.321. The number of fused-ring (bicyclic) bond motifs is 2. The fourth-order valence-electron chi connectivity index (χ4n) is 5.27. The Morgan fingerprint density at radius 1 is 1.12 bits per heavy atom. The van der Waals surface area contributed by atoms with Crippen molar-refractivity contribution in [2.75, 3.05) is 7.11 Å². The zero-order valence-corrected chi connectivity index (χ0v) is 15.1. The van der Waals surface area contributed by atoms with E-state index in [0.717, 1.165) is 62.0 Å². The molecule has 2 unspecified atom stereocenters. The highest BCUT2D eigenvalue weighted by Gasteiger charge is 2.51. The van der Waals surface area contributed by atoms with Gasteiger partial charge in [-0.2, -0.15) is 0 Å². The van der Waals surface area contributed by atoms with Crippen molar-refractivity contribution >= 4 is 17.5 Å². The van der Waals surface area contributed by atoms with E-state index < -0.39 is 0 Å². The molecule has 24 heavy (non-hydrogen) atoms. The van der Waals surface area contributed by atoms with E-state index in [4.69, 9.17) is 16.3 Å². The minimum atomic E-state index is -0.328. The molecule has 130 valence electrons. The van der Waals surface area contributed by atoms with Crippen molar-refractivity contribution in [1.82, 2.24) is 4.90 Å². The second kappa shape index (κ2) is 6.34. The van der Waals surface area contributed by atoms with Gasteiger partial charge in [0, 0.05) is 24.2 Å². The van der Waals surface area contributed by atoms with Gasteiger partial charge < -0.3 is 9.64 Å². The number of methoxy groups -OCH3 is 1. The Bertz CT molecular complexity index is 595. The Hall–Kier alpha value is -1.06. The van der Waals surface area contributed by atoms with Crippen LogP contribution in [0.4, 0.5) is 0 Å². The molecule has 3 aliphatic rings. The number of halogens is 1. The molecule has 0 radical (unpaired) electrons. The summed E-state index contributed by atoms with van der Waals surface area (Å²) >= 11 is 6.07. The Morgan fingerprint density at radius 2 is 1.71 bits per heavy atom. The van der Waals surface area contributed by atoms with Gasteiger partial charge in [0.1, 0.15) is 0 Å². The SMILES string of the molecule is COC1CC2CCC(C1)N2C(=O)C1(c2ccc(Cl)cc2)CCCC1. The fraction of sp³-hybridized carbons (Fsp3) is 0.650. The Balaban J connectivity index is 1.65. The first-order chi connectivity index (χ1) is 11.6. The van der Waals surface area contributed by atoms with Gasteiger partial charge in [-0.1, -0.05) is 36.6 Å². The largest absolute Gasteiger partial charge is 0.381 e. The number of carbonyl (C=O) groups excluding carboxylic acids is 1. The first kappa shape index (κ1) is 16.4. The van der Waals surface area contributed by atoms with E-state index in [-0.39, 0.29) is 5.41 Å². The van der Waals surface area contributed by atoms with Crippen LogP contribution in [-0.2, 0) is 14.9 Å². The number of rotatable bonds is 3. The van der Waals surface area contributed by atoms with Gasteiger partial charge in [-0.15, -0.1) is 0 Å². The smallest absolute Gasteiger partial charge is 0.233 e. The van der Waals surface area contributed by atoms with E-state index >= 15 is 0 Å². The summed E-state index contributed by atoms with van der Waals surface area (Å²) in [7, 11) is 1.80. The molecule has 1 amide bonds. The Kier molecular flexibility index (Phi) is 4.34. The second-order valence-corrected chi connectivity index (χ2v) is 8.16. The number of piperidine rings is 1. The third kappa shape index (κ3) is 2.57. The van der Waals surface area contributed by atoms with Crippen LogP contribution in [0.3, 0.4) is 0 Å². The van der Waals surface area contributed by atoms with Crippen LogP contribution in [0.5, 0.6) is 0 Å². The van der Waals surface area contributed by atoms with Gasteiger partial charge in [0.15, 0.2) is 0 Å². The van der Waals surface area contributed by atoms with Crippen LogP contribution < -0.4 is 0 Å². The van der Waals surface area contributed by atoms with E-state index in [0.29, 0.717) is 24.1 Å². The molecule has 1 aromatic rings. The molecule has 4 heteroatoms. The van der Waals surface area contributed by atoms with Gasteiger partial charge in [-0.25, -0.2) is 0 Å². The third-order valence-electron chi connectivity index (χ3n) is 6.52. The predicted molar refractivity (Wildman–Crippen MR) is 95.3 cm³/mol. The average molecular weight is 348 g/mol. The summed E-state index contributed by atoms with van der Waals surface area (Å²) in [4.78, 5) is 16.0. The highest BCUT2D eigenvalue weighted by atomic mass is 35.5. The van der Waals surface area contributed by atoms with Crippen LogP contribution in [0.2, 0.25) is 5.02 Å². The lowest BCUT2D eigenvalue weighted by Gasteiger charge is -2.43. The normalized spacial score (nSPS) is 31.4. The number of carbonyl (C=O) groups is 1. The number of benzene rings is 1. The molecule has 2 saturated heterocycles. The fourth-order valence-corrected chi connectivity index (χ4v) is 5.40. The summed E-state index contributed by atoms with van der Waals surface area (Å²) in [6.45, 7) is 0. The summed E-state index contributed by atoms with van der Waals surface area (Å²) in [6, 6.07) is 8.72. The molecule has 1 aliphatic carbocycles. The molecule has 1 saturated carbocycles. The van der Waals surface area contributed by atoms with Crippen molar-refractivity contribution in [3.05, 3.63) is 34.9 Å². The molecule has 2 aliphatic heterocycles. The van der Waals surface area contributed by atoms with E-state index in [2.05, 4.69) is 17.0 Å². The van der Waals surface area contributed by atoms with E-state index in [1.807, 2.05) is 12.1 Å². The number of hydrogen-bond acceptors (Lipinski definition) is 2. The van der Waals surface area contributed by atoms with Gasteiger partial charge in [0.25, 0.3) is 0 Å². The highest BCUT2D eigenvalue weighted by Crippen LogP contribution is 2.47. The van der Waals surface area contributed by atoms with E-state index in [1.54, 1.807) is 7.11 Å². The zero-order valence-electron chi connectivity index (χ0n) is 14.3. The summed E-state index contributed by atoms with van der Waals surface area (Å²) in [6.07, 6.45) is 8.79. The quantitative estimate of drug-likeness (QED) is 0.814. The predicted octanol–water partition coefficient (Wildman–Crippen LogP) is 4.32. The average Bonchev–Trinajstić information content (AvgIpc) is 3.19. The van der Waals surface area contributed by atoms with Crippen LogP contribution in [0.15, 0.2) is 24.3 Å². The summed E-state index contributed by atoms with van der Waals surface area (Å²) in [5.74, 6) is 0.365. The maximum atomic E-state index is 13.7. The molecule has 1 aromatic carbocycles. The number of hydrogen-bond donors (Lipinski definition) is 0. The van der Waals surface area contributed by atoms with Gasteiger partial charge in [0.2, 0.25) is 5.91 Å². The molecule has 0 N–H and O–H groups in total. The molecule has 3 fully saturated rings. The molecular weight excluding hydrogens is 322 g/mol. The van der Waals surface area contributed by atoms with Crippen LogP contribution in [0.1, 0.15) is 56.9 Å². The second-order valence-electron chi connectivity index (χ2n) is 7.72. The summed E-state index contributed by atoms with van der Waals surface area (Å²) < 4.78 is 5.60. The van der Waals surface area contributed by atoms with Crippen molar-refractivity contribution in [2.24, 2.45) is 0 Å². The monoisotopic (exact) mass is 347 g/mol. The lowest BCUT2D eigenvalue weighted by atomic mass is 9.76. The van der Waals surface area contributed by atoms with E-state index in [1.165, 1.54) is 0 Å². The van der Waals surface area contributed by atoms with Crippen molar-refractivity contribution < 1.29 is 9.53 Å². The third-order valence-corrected chi connectivity index (χ3v) is 6.77. The number of ether oxygens (including phenoxy) is 1. The van der Waals surface area contributed by atoms with Crippen LogP contribution in [0, 0.1) is 0 Å². The molecule has 2 atom stereocenters. The lowest BCUT2D eigenvalue weighted by Crippen LogP contribution is -2.54. The van der Waals surface area contributed by atoms with Crippen molar-refractivity contribution in [3.8, 4) is 0 Å². The lowest BCUT2D eigenvalue weighted by molar-refractivity contribution is -0.144. The van der Waals surface area contributed by atoms with Crippen LogP contribution >= 0.6 is 11.6 Å². The topological polar surface area (TPSA) is 29.5 Å². The molecule has 4 rings (SSSR count). The van der Waals surface area contributed by atoms with Crippen LogP contribution in [-0.4, -0.2) is 36.1 Å². The molecule has 0 spiro atoms. The zero-order chi connectivity index (χ0) is 16.7. The maximum absolute atomic E-state index is 13.7. The van der Waals surface area contributed by atoms with E-state index in [9.17, 15) is 4.79 Å². The van der Waals surface area contributed by atoms with Gasteiger partial charge in [-0.05, 0) is 56.2 Å². The molecule has 0 aromatic heterocycles. The Morgan fingerprint density at radius 3 is 2.25 bits per heavy atom. The van der Waals surface area contributed by atoms with Gasteiger partial charge in [0.05, 0.1) is 11.5 Å². The molecule has 3 nitrogen and oxygen atoms in total. The molecular formula is C20H26ClNO2. The van der Waals surface area contributed by atoms with Gasteiger partial charge >= 0.3 is 0 Å². The number of nitrogens with zero attached hydrogens (tertiary/aromatic N) is 1. The molecule has 2 bridgehead atoms. The summed E-state index contributed by atoms with van der Waals surface area (Å²) in [5, 5.41) is 0.736. The molecule has 2 heterocycles. The van der Waals surface area contributed by atoms with Crippen molar-refractivity contribution in [1.29, 1.82) is 0 Å². The highest BCUT2D eigenvalue weighted by molar-refractivity contribution is 6.30. The maximum Gasteiger partial charge on any atom is 0.233 e. The first-order valence-electron chi connectivity index (χ1n) is 9.26. The summed E-state index contributed by atoms with van der Waals surface area (Å²) in [5.41, 5.74) is 0.827. The van der Waals surface area contributed by atoms with Crippen molar-refractivity contribution in [3.63, 3.8) is 0 Å². The van der Waals surface area contributed by atoms with Crippen LogP contribution in [0.25, 0.3) is 0 Å². The Labute approximate surface area is 149 Å².